The van der Waals surface area contributed by atoms with E-state index in [0.717, 1.165) is 25.1 Å². The number of rotatable bonds is 5. The number of anilines is 1. The minimum Gasteiger partial charge on any atom is -0.324 e. The van der Waals surface area contributed by atoms with Crippen molar-refractivity contribution in [2.24, 2.45) is 13.0 Å². The summed E-state index contributed by atoms with van der Waals surface area (Å²) in [7, 11) is -0.702. The van der Waals surface area contributed by atoms with Gasteiger partial charge < -0.3 is 9.47 Å². The van der Waals surface area contributed by atoms with Gasteiger partial charge in [-0.2, -0.15) is 13.2 Å². The van der Waals surface area contributed by atoms with Gasteiger partial charge in [-0.05, 0) is 25.0 Å². The molecule has 0 saturated heterocycles. The van der Waals surface area contributed by atoms with Gasteiger partial charge in [-0.1, -0.05) is 6.92 Å². The van der Waals surface area contributed by atoms with Crippen LogP contribution < -0.4 is 4.90 Å². The van der Waals surface area contributed by atoms with Crippen molar-refractivity contribution in [1.29, 1.82) is 0 Å². The van der Waals surface area contributed by atoms with Gasteiger partial charge >= 0.3 is 6.18 Å². The third-order valence-electron chi connectivity index (χ3n) is 5.47. The molecule has 12 heteroatoms. The molecule has 1 aliphatic carbocycles. The van der Waals surface area contributed by atoms with Crippen molar-refractivity contribution < 1.29 is 26.4 Å². The first kappa shape index (κ1) is 22.2. The molecule has 0 spiro atoms. The molecule has 32 heavy (non-hydrogen) atoms. The highest BCUT2D eigenvalue weighted by Crippen LogP contribution is 2.35. The van der Waals surface area contributed by atoms with Crippen LogP contribution in [0.4, 0.5) is 18.9 Å². The Kier molecular flexibility index (Phi) is 5.23. The number of carbonyl (C=O) groups is 1. The Morgan fingerprint density at radius 3 is 2.50 bits per heavy atom. The monoisotopic (exact) mass is 467 g/mol. The highest BCUT2D eigenvalue weighted by molar-refractivity contribution is 7.91. The molecule has 1 saturated carbocycles. The Labute approximate surface area is 182 Å². The molecule has 8 nitrogen and oxygen atoms in total. The van der Waals surface area contributed by atoms with Gasteiger partial charge in [0.15, 0.2) is 15.7 Å². The molecule has 3 aromatic rings. The van der Waals surface area contributed by atoms with Crippen molar-refractivity contribution in [2.45, 2.75) is 30.8 Å². The number of aryl methyl sites for hydroxylation is 1. The highest BCUT2D eigenvalue weighted by Gasteiger charge is 2.34. The van der Waals surface area contributed by atoms with Crippen molar-refractivity contribution in [3.8, 4) is 11.5 Å². The van der Waals surface area contributed by atoms with E-state index in [9.17, 15) is 26.4 Å². The largest absolute Gasteiger partial charge is 0.433 e. The van der Waals surface area contributed by atoms with Gasteiger partial charge in [0.1, 0.15) is 11.4 Å². The van der Waals surface area contributed by atoms with E-state index in [4.69, 9.17) is 0 Å². The summed E-state index contributed by atoms with van der Waals surface area (Å²) in [5.41, 5.74) is -0.483. The maximum atomic E-state index is 13.0. The van der Waals surface area contributed by atoms with Gasteiger partial charge in [0.2, 0.25) is 5.91 Å². The molecular weight excluding hydrogens is 447 g/mol. The van der Waals surface area contributed by atoms with Crippen molar-refractivity contribution >= 4 is 32.5 Å². The lowest BCUT2D eigenvalue weighted by Gasteiger charge is -2.19. The van der Waals surface area contributed by atoms with Gasteiger partial charge in [0.25, 0.3) is 0 Å². The molecule has 3 heterocycles. The van der Waals surface area contributed by atoms with Crippen molar-refractivity contribution in [3.63, 3.8) is 0 Å². The zero-order valence-electron chi connectivity index (χ0n) is 17.5. The second-order valence-corrected chi connectivity index (χ2v) is 9.91. The Hall–Kier alpha value is -3.02. The second-order valence-electron chi connectivity index (χ2n) is 7.67. The molecule has 0 aromatic carbocycles. The maximum Gasteiger partial charge on any atom is 0.433 e. The zero-order chi connectivity index (χ0) is 23.4. The van der Waals surface area contributed by atoms with Crippen LogP contribution in [0.25, 0.3) is 22.6 Å². The number of sulfone groups is 1. The number of alkyl halides is 3. The number of imidazole rings is 1. The molecular formula is C20H20F3N5O3S. The average Bonchev–Trinajstić information content (AvgIpc) is 3.55. The summed E-state index contributed by atoms with van der Waals surface area (Å²) < 4.78 is 66.3. The molecule has 1 amide bonds. The van der Waals surface area contributed by atoms with Crippen LogP contribution in [-0.2, 0) is 27.9 Å². The summed E-state index contributed by atoms with van der Waals surface area (Å²) >= 11 is 0. The summed E-state index contributed by atoms with van der Waals surface area (Å²) in [6.07, 6.45) is -0.644. The predicted octanol–water partition coefficient (Wildman–Crippen LogP) is 3.22. The van der Waals surface area contributed by atoms with Crippen LogP contribution in [0.2, 0.25) is 0 Å². The van der Waals surface area contributed by atoms with E-state index in [1.165, 1.54) is 28.7 Å². The fraction of sp³-hybridized carbons (Fsp3) is 0.400. The molecule has 0 atom stereocenters. The lowest BCUT2D eigenvalue weighted by atomic mass is 10.2. The maximum absolute atomic E-state index is 13.0. The van der Waals surface area contributed by atoms with Gasteiger partial charge in [-0.3, -0.25) is 4.79 Å². The van der Waals surface area contributed by atoms with Crippen LogP contribution in [0, 0.1) is 5.92 Å². The SMILES string of the molecule is CCS(=O)(=O)c1cc(N(C)C(=O)C2CC2)cnc1-c1nc2cc(C(F)(F)F)ncc2n1C. The van der Waals surface area contributed by atoms with Crippen LogP contribution in [0.5, 0.6) is 0 Å². The molecule has 170 valence electrons. The number of aromatic nitrogens is 4. The summed E-state index contributed by atoms with van der Waals surface area (Å²) in [5, 5.41) is 0. The molecule has 0 bridgehead atoms. The third-order valence-corrected chi connectivity index (χ3v) is 7.21. The molecule has 0 aliphatic heterocycles. The van der Waals surface area contributed by atoms with E-state index in [-0.39, 0.29) is 39.5 Å². The summed E-state index contributed by atoms with van der Waals surface area (Å²) in [4.78, 5) is 25.6. The van der Waals surface area contributed by atoms with Gasteiger partial charge in [0, 0.05) is 20.0 Å². The number of amides is 1. The molecule has 0 unspecified atom stereocenters. The summed E-state index contributed by atoms with van der Waals surface area (Å²) in [5.74, 6) is -0.334. The lowest BCUT2D eigenvalue weighted by molar-refractivity contribution is -0.141. The Bertz CT molecular complexity index is 1330. The molecule has 4 rings (SSSR count). The third kappa shape index (κ3) is 3.83. The first-order chi connectivity index (χ1) is 14.9. The Balaban J connectivity index is 1.88. The van der Waals surface area contributed by atoms with Crippen LogP contribution in [-0.4, -0.2) is 46.6 Å². The quantitative estimate of drug-likeness (QED) is 0.572. The number of nitrogens with zero attached hydrogens (tertiary/aromatic N) is 5. The number of carbonyl (C=O) groups excluding carboxylic acids is 1. The van der Waals surface area contributed by atoms with Crippen molar-refractivity contribution in [2.75, 3.05) is 17.7 Å². The zero-order valence-corrected chi connectivity index (χ0v) is 18.3. The highest BCUT2D eigenvalue weighted by atomic mass is 32.2. The van der Waals surface area contributed by atoms with Crippen LogP contribution in [0.1, 0.15) is 25.5 Å². The minimum atomic E-state index is -4.64. The number of hydrogen-bond donors (Lipinski definition) is 0. The van der Waals surface area contributed by atoms with E-state index in [1.807, 2.05) is 0 Å². The first-order valence-electron chi connectivity index (χ1n) is 9.84. The molecule has 0 radical (unpaired) electrons. The van der Waals surface area contributed by atoms with Gasteiger partial charge in [-0.15, -0.1) is 0 Å². The smallest absolute Gasteiger partial charge is 0.324 e. The average molecular weight is 467 g/mol. The number of halogens is 3. The Morgan fingerprint density at radius 2 is 1.91 bits per heavy atom. The van der Waals surface area contributed by atoms with E-state index >= 15 is 0 Å². The van der Waals surface area contributed by atoms with Crippen LogP contribution in [0.15, 0.2) is 29.4 Å². The lowest BCUT2D eigenvalue weighted by Crippen LogP contribution is -2.28. The fourth-order valence-electron chi connectivity index (χ4n) is 3.37. The summed E-state index contributed by atoms with van der Waals surface area (Å²) in [6.45, 7) is 1.47. The van der Waals surface area contributed by atoms with E-state index in [0.29, 0.717) is 11.2 Å². The van der Waals surface area contributed by atoms with Crippen LogP contribution >= 0.6 is 0 Å². The fourth-order valence-corrected chi connectivity index (χ4v) is 4.41. The van der Waals surface area contributed by atoms with E-state index in [1.54, 1.807) is 14.1 Å². The number of pyridine rings is 2. The molecule has 3 aromatic heterocycles. The number of fused-ring (bicyclic) bond motifs is 1. The summed E-state index contributed by atoms with van der Waals surface area (Å²) in [6, 6.07) is 2.17. The molecule has 0 N–H and O–H groups in total. The van der Waals surface area contributed by atoms with E-state index in [2.05, 4.69) is 15.0 Å². The number of hydrogen-bond acceptors (Lipinski definition) is 6. The minimum absolute atomic E-state index is 0.00451. The van der Waals surface area contributed by atoms with Gasteiger partial charge in [0.05, 0.1) is 39.8 Å². The standard InChI is InChI=1S/C20H20F3N5O3S/c1-4-32(30,31)15-7-12(27(2)19(29)11-5-6-11)9-25-17(15)18-26-13-8-16(20(21,22)23)24-10-14(13)28(18)3/h7-11H,4-6H2,1-3H3. The van der Waals surface area contributed by atoms with Crippen molar-refractivity contribution in [3.05, 3.63) is 30.2 Å². The van der Waals surface area contributed by atoms with Crippen molar-refractivity contribution in [1.82, 2.24) is 19.5 Å². The molecule has 1 fully saturated rings. The predicted molar refractivity (Wildman–Crippen MR) is 111 cm³/mol. The van der Waals surface area contributed by atoms with E-state index < -0.39 is 21.7 Å². The topological polar surface area (TPSA) is 98.1 Å². The van der Waals surface area contributed by atoms with Crippen LogP contribution in [0.3, 0.4) is 0 Å². The second kappa shape index (κ2) is 7.54. The normalized spacial score (nSPS) is 14.7. The Morgan fingerprint density at radius 1 is 1.22 bits per heavy atom. The molecule has 1 aliphatic rings. The first-order valence-corrected chi connectivity index (χ1v) is 11.5. The van der Waals surface area contributed by atoms with Gasteiger partial charge in [-0.25, -0.2) is 23.4 Å².